The highest BCUT2D eigenvalue weighted by atomic mass is 16.1. The van der Waals surface area contributed by atoms with Crippen LogP contribution < -0.4 is 11.1 Å². The minimum atomic E-state index is 0.0964. The fraction of sp³-hybridized carbons (Fsp3) is 0.562. The molecule has 1 aromatic carbocycles. The van der Waals surface area contributed by atoms with Gasteiger partial charge in [0.2, 0.25) is 5.91 Å². The fourth-order valence-electron chi connectivity index (χ4n) is 3.53. The molecule has 1 saturated carbocycles. The second kappa shape index (κ2) is 5.83. The van der Waals surface area contributed by atoms with Gasteiger partial charge >= 0.3 is 0 Å². The smallest absolute Gasteiger partial charge is 0.224 e. The van der Waals surface area contributed by atoms with E-state index < -0.39 is 0 Å². The molecule has 0 radical (unpaired) electrons. The van der Waals surface area contributed by atoms with E-state index in [0.717, 1.165) is 30.6 Å². The number of carbonyl (C=O) groups is 1. The summed E-state index contributed by atoms with van der Waals surface area (Å²) >= 11 is 0. The second-order valence-electron chi connectivity index (χ2n) is 6.10. The number of likely N-dealkylation sites (tertiary alicyclic amines) is 1. The molecule has 1 aromatic rings. The number of amides is 1. The summed E-state index contributed by atoms with van der Waals surface area (Å²) < 4.78 is 0. The van der Waals surface area contributed by atoms with E-state index in [-0.39, 0.29) is 5.91 Å². The molecule has 0 spiro atoms. The van der Waals surface area contributed by atoms with E-state index in [2.05, 4.69) is 10.2 Å². The molecule has 1 aliphatic heterocycles. The third-order valence-corrected chi connectivity index (χ3v) is 4.57. The van der Waals surface area contributed by atoms with Crippen LogP contribution in [0, 0.1) is 5.92 Å². The molecule has 20 heavy (non-hydrogen) atoms. The standard InChI is InChI=1S/C16H23N3O/c17-13-4-6-14(7-5-13)18-16(20)2-1-9-19-11-12-3-8-15(19)10-12/h4-7,12,15H,1-3,8-11,17H2,(H,18,20). The maximum atomic E-state index is 11.9. The third-order valence-electron chi connectivity index (χ3n) is 4.57. The molecular formula is C16H23N3O. The van der Waals surface area contributed by atoms with Gasteiger partial charge < -0.3 is 16.0 Å². The van der Waals surface area contributed by atoms with Crippen molar-refractivity contribution in [3.8, 4) is 0 Å². The summed E-state index contributed by atoms with van der Waals surface area (Å²) in [5, 5.41) is 2.92. The quantitative estimate of drug-likeness (QED) is 0.810. The van der Waals surface area contributed by atoms with Gasteiger partial charge in [0.1, 0.15) is 0 Å². The van der Waals surface area contributed by atoms with Gasteiger partial charge in [-0.2, -0.15) is 0 Å². The average molecular weight is 273 g/mol. The number of nitrogens with one attached hydrogen (secondary N) is 1. The summed E-state index contributed by atoms with van der Waals surface area (Å²) in [4.78, 5) is 14.4. The Labute approximate surface area is 120 Å². The predicted molar refractivity (Wildman–Crippen MR) is 81.4 cm³/mol. The van der Waals surface area contributed by atoms with Crippen molar-refractivity contribution >= 4 is 17.3 Å². The van der Waals surface area contributed by atoms with Crippen molar-refractivity contribution in [3.05, 3.63) is 24.3 Å². The molecule has 2 aliphatic rings. The van der Waals surface area contributed by atoms with Crippen LogP contribution >= 0.6 is 0 Å². The number of carbonyl (C=O) groups excluding carboxylic acids is 1. The maximum Gasteiger partial charge on any atom is 0.224 e. The normalized spacial score (nSPS) is 25.0. The van der Waals surface area contributed by atoms with E-state index in [0.29, 0.717) is 12.1 Å². The Hall–Kier alpha value is -1.55. The van der Waals surface area contributed by atoms with Gasteiger partial charge in [-0.05, 0) is 62.4 Å². The molecule has 2 fully saturated rings. The molecule has 2 bridgehead atoms. The molecule has 2 atom stereocenters. The van der Waals surface area contributed by atoms with Crippen LogP contribution in [0.1, 0.15) is 32.1 Å². The van der Waals surface area contributed by atoms with Crippen molar-refractivity contribution in [1.82, 2.24) is 4.90 Å². The molecule has 4 heteroatoms. The lowest BCUT2D eigenvalue weighted by Crippen LogP contribution is -2.33. The summed E-state index contributed by atoms with van der Waals surface area (Å²) in [6.07, 6.45) is 5.71. The van der Waals surface area contributed by atoms with E-state index in [1.54, 1.807) is 12.1 Å². The lowest BCUT2D eigenvalue weighted by Gasteiger charge is -2.26. The van der Waals surface area contributed by atoms with E-state index in [1.165, 1.54) is 25.8 Å². The number of rotatable bonds is 5. The van der Waals surface area contributed by atoms with Gasteiger partial charge in [-0.3, -0.25) is 4.79 Å². The van der Waals surface area contributed by atoms with Gasteiger partial charge in [0.15, 0.2) is 0 Å². The number of nitrogen functional groups attached to an aromatic ring is 1. The summed E-state index contributed by atoms with van der Waals surface area (Å²) in [6, 6.07) is 8.09. The monoisotopic (exact) mass is 273 g/mol. The Kier molecular flexibility index (Phi) is 3.92. The molecule has 1 aliphatic carbocycles. The first-order valence-corrected chi connectivity index (χ1v) is 7.60. The van der Waals surface area contributed by atoms with E-state index >= 15 is 0 Å². The number of nitrogens with zero attached hydrogens (tertiary/aromatic N) is 1. The molecule has 3 rings (SSSR count). The number of nitrogens with two attached hydrogens (primary N) is 1. The van der Waals surface area contributed by atoms with Crippen molar-refractivity contribution in [2.75, 3.05) is 24.1 Å². The van der Waals surface area contributed by atoms with Gasteiger partial charge in [0, 0.05) is 30.4 Å². The van der Waals surface area contributed by atoms with Crippen LogP contribution in [0.15, 0.2) is 24.3 Å². The third kappa shape index (κ3) is 3.12. The highest BCUT2D eigenvalue weighted by Crippen LogP contribution is 2.37. The van der Waals surface area contributed by atoms with E-state index in [1.807, 2.05) is 12.1 Å². The lowest BCUT2D eigenvalue weighted by molar-refractivity contribution is -0.116. The highest BCUT2D eigenvalue weighted by molar-refractivity contribution is 5.90. The Morgan fingerprint density at radius 2 is 2.10 bits per heavy atom. The Balaban J connectivity index is 1.38. The summed E-state index contributed by atoms with van der Waals surface area (Å²) in [7, 11) is 0. The van der Waals surface area contributed by atoms with E-state index in [4.69, 9.17) is 5.73 Å². The fourth-order valence-corrected chi connectivity index (χ4v) is 3.53. The largest absolute Gasteiger partial charge is 0.399 e. The molecule has 3 N–H and O–H groups in total. The van der Waals surface area contributed by atoms with Crippen LogP contribution in [0.2, 0.25) is 0 Å². The second-order valence-corrected chi connectivity index (χ2v) is 6.10. The van der Waals surface area contributed by atoms with Crippen LogP contribution in [-0.4, -0.2) is 29.9 Å². The van der Waals surface area contributed by atoms with Crippen LogP contribution in [0.5, 0.6) is 0 Å². The first-order chi connectivity index (χ1) is 9.70. The zero-order valence-corrected chi connectivity index (χ0v) is 11.8. The molecule has 1 saturated heterocycles. The van der Waals surface area contributed by atoms with Crippen molar-refractivity contribution in [2.24, 2.45) is 5.92 Å². The summed E-state index contributed by atoms with van der Waals surface area (Å²) in [5.41, 5.74) is 7.16. The Morgan fingerprint density at radius 1 is 1.30 bits per heavy atom. The molecule has 2 unspecified atom stereocenters. The molecule has 108 valence electrons. The number of hydrogen-bond acceptors (Lipinski definition) is 3. The SMILES string of the molecule is Nc1ccc(NC(=O)CCCN2CC3CCC2C3)cc1. The van der Waals surface area contributed by atoms with Gasteiger partial charge in [-0.15, -0.1) is 0 Å². The zero-order valence-electron chi connectivity index (χ0n) is 11.8. The molecule has 1 amide bonds. The number of hydrogen-bond donors (Lipinski definition) is 2. The predicted octanol–water partition coefficient (Wildman–Crippen LogP) is 2.47. The van der Waals surface area contributed by atoms with Crippen molar-refractivity contribution in [2.45, 2.75) is 38.1 Å². The Bertz CT molecular complexity index is 471. The van der Waals surface area contributed by atoms with Crippen LogP contribution in [0.4, 0.5) is 11.4 Å². The van der Waals surface area contributed by atoms with Crippen molar-refractivity contribution < 1.29 is 4.79 Å². The van der Waals surface area contributed by atoms with Crippen LogP contribution in [0.3, 0.4) is 0 Å². The van der Waals surface area contributed by atoms with Gasteiger partial charge in [0.05, 0.1) is 0 Å². The topological polar surface area (TPSA) is 58.4 Å². The zero-order chi connectivity index (χ0) is 13.9. The van der Waals surface area contributed by atoms with Crippen molar-refractivity contribution in [1.29, 1.82) is 0 Å². The Morgan fingerprint density at radius 3 is 2.75 bits per heavy atom. The minimum Gasteiger partial charge on any atom is -0.399 e. The van der Waals surface area contributed by atoms with Gasteiger partial charge in [0.25, 0.3) is 0 Å². The van der Waals surface area contributed by atoms with E-state index in [9.17, 15) is 4.79 Å². The highest BCUT2D eigenvalue weighted by Gasteiger charge is 2.36. The first-order valence-electron chi connectivity index (χ1n) is 7.60. The molecular weight excluding hydrogens is 250 g/mol. The molecule has 1 heterocycles. The molecule has 0 aromatic heterocycles. The van der Waals surface area contributed by atoms with Gasteiger partial charge in [-0.1, -0.05) is 0 Å². The lowest BCUT2D eigenvalue weighted by atomic mass is 10.1. The minimum absolute atomic E-state index is 0.0964. The number of piperidine rings is 1. The number of benzene rings is 1. The van der Waals surface area contributed by atoms with Crippen LogP contribution in [0.25, 0.3) is 0 Å². The maximum absolute atomic E-state index is 11.9. The van der Waals surface area contributed by atoms with Gasteiger partial charge in [-0.25, -0.2) is 0 Å². The van der Waals surface area contributed by atoms with Crippen LogP contribution in [-0.2, 0) is 4.79 Å². The average Bonchev–Trinajstić information content (AvgIpc) is 3.04. The van der Waals surface area contributed by atoms with Crippen molar-refractivity contribution in [3.63, 3.8) is 0 Å². The molecule has 4 nitrogen and oxygen atoms in total. The summed E-state index contributed by atoms with van der Waals surface area (Å²) in [5.74, 6) is 1.03. The number of anilines is 2. The number of fused-ring (bicyclic) bond motifs is 2. The summed E-state index contributed by atoms with van der Waals surface area (Å²) in [6.45, 7) is 2.32. The first kappa shape index (κ1) is 13.4.